The number of nitrogens with two attached hydrogens (primary N) is 1. The fourth-order valence-corrected chi connectivity index (χ4v) is 2.97. The smallest absolute Gasteiger partial charge is 0.227 e. The standard InChI is InChI=1S/C18H20N2O/c1-12(13-7-3-2-4-8-13)18(21)20-16-11-14-9-5-6-10-15(14)17(16)19/h2-10,12,16-17H,11,19H2,1H3,(H,20,21)/t12-,16-,17-/m0/s1. The minimum Gasteiger partial charge on any atom is -0.351 e. The quantitative estimate of drug-likeness (QED) is 0.907. The molecule has 3 rings (SSSR count). The lowest BCUT2D eigenvalue weighted by molar-refractivity contribution is -0.123. The Morgan fingerprint density at radius 2 is 1.81 bits per heavy atom. The number of amides is 1. The molecule has 1 aliphatic rings. The van der Waals surface area contributed by atoms with E-state index in [0.29, 0.717) is 0 Å². The molecule has 108 valence electrons. The maximum Gasteiger partial charge on any atom is 0.227 e. The largest absolute Gasteiger partial charge is 0.351 e. The first-order valence-electron chi connectivity index (χ1n) is 7.35. The van der Waals surface area contributed by atoms with Gasteiger partial charge in [-0.3, -0.25) is 4.79 Å². The van der Waals surface area contributed by atoms with Crippen LogP contribution in [-0.2, 0) is 11.2 Å². The van der Waals surface area contributed by atoms with Gasteiger partial charge in [0.05, 0.1) is 18.0 Å². The van der Waals surface area contributed by atoms with Crippen molar-refractivity contribution in [3.8, 4) is 0 Å². The van der Waals surface area contributed by atoms with Gasteiger partial charge in [-0.05, 0) is 30.0 Å². The van der Waals surface area contributed by atoms with Crippen molar-refractivity contribution in [2.75, 3.05) is 0 Å². The molecule has 3 heteroatoms. The summed E-state index contributed by atoms with van der Waals surface area (Å²) in [6.07, 6.45) is 0.810. The van der Waals surface area contributed by atoms with E-state index in [0.717, 1.165) is 17.5 Å². The Kier molecular flexibility index (Phi) is 3.76. The van der Waals surface area contributed by atoms with Crippen molar-refractivity contribution in [1.82, 2.24) is 5.32 Å². The molecular weight excluding hydrogens is 260 g/mol. The Labute approximate surface area is 125 Å². The first-order chi connectivity index (χ1) is 10.2. The number of hydrogen-bond acceptors (Lipinski definition) is 2. The van der Waals surface area contributed by atoms with Gasteiger partial charge in [0.1, 0.15) is 0 Å². The number of hydrogen-bond donors (Lipinski definition) is 2. The second-order valence-corrected chi connectivity index (χ2v) is 5.68. The maximum absolute atomic E-state index is 12.4. The summed E-state index contributed by atoms with van der Waals surface area (Å²) in [5.41, 5.74) is 9.68. The second kappa shape index (κ2) is 5.70. The van der Waals surface area contributed by atoms with Crippen LogP contribution in [-0.4, -0.2) is 11.9 Å². The van der Waals surface area contributed by atoms with Gasteiger partial charge in [-0.15, -0.1) is 0 Å². The SMILES string of the molecule is C[C@H](C(=O)N[C@H]1Cc2ccccc2[C@@H]1N)c1ccccc1. The first-order valence-corrected chi connectivity index (χ1v) is 7.35. The number of fused-ring (bicyclic) bond motifs is 1. The van der Waals surface area contributed by atoms with E-state index >= 15 is 0 Å². The summed E-state index contributed by atoms with van der Waals surface area (Å²) in [5.74, 6) is -0.128. The zero-order valence-corrected chi connectivity index (χ0v) is 12.1. The monoisotopic (exact) mass is 280 g/mol. The molecule has 0 spiro atoms. The lowest BCUT2D eigenvalue weighted by Gasteiger charge is -2.20. The number of benzene rings is 2. The van der Waals surface area contributed by atoms with Crippen LogP contribution in [0.1, 0.15) is 35.6 Å². The van der Waals surface area contributed by atoms with Crippen LogP contribution < -0.4 is 11.1 Å². The number of carbonyl (C=O) groups is 1. The van der Waals surface area contributed by atoms with Gasteiger partial charge in [-0.1, -0.05) is 54.6 Å². The summed E-state index contributed by atoms with van der Waals surface area (Å²) in [6, 6.07) is 17.8. The van der Waals surface area contributed by atoms with Crippen LogP contribution in [0.4, 0.5) is 0 Å². The first kappa shape index (κ1) is 13.8. The van der Waals surface area contributed by atoms with Crippen molar-refractivity contribution >= 4 is 5.91 Å². The van der Waals surface area contributed by atoms with Crippen molar-refractivity contribution < 1.29 is 4.79 Å². The van der Waals surface area contributed by atoms with E-state index in [4.69, 9.17) is 5.73 Å². The fourth-order valence-electron chi connectivity index (χ4n) is 2.97. The molecule has 1 aliphatic carbocycles. The summed E-state index contributed by atoms with van der Waals surface area (Å²) >= 11 is 0. The van der Waals surface area contributed by atoms with Gasteiger partial charge >= 0.3 is 0 Å². The Morgan fingerprint density at radius 1 is 1.14 bits per heavy atom. The van der Waals surface area contributed by atoms with E-state index in [1.807, 2.05) is 55.5 Å². The molecule has 3 N–H and O–H groups in total. The summed E-state index contributed by atoms with van der Waals surface area (Å²) in [7, 11) is 0. The highest BCUT2D eigenvalue weighted by molar-refractivity contribution is 5.83. The highest BCUT2D eigenvalue weighted by Crippen LogP contribution is 2.29. The van der Waals surface area contributed by atoms with Crippen LogP contribution in [0.5, 0.6) is 0 Å². The topological polar surface area (TPSA) is 55.1 Å². The normalized spacial score (nSPS) is 21.6. The molecule has 1 amide bonds. The van der Waals surface area contributed by atoms with Crippen LogP contribution in [0, 0.1) is 0 Å². The average Bonchev–Trinajstić information content (AvgIpc) is 2.84. The van der Waals surface area contributed by atoms with Gasteiger partial charge in [0, 0.05) is 0 Å². The van der Waals surface area contributed by atoms with Gasteiger partial charge in [-0.2, -0.15) is 0 Å². The number of nitrogens with one attached hydrogen (secondary N) is 1. The van der Waals surface area contributed by atoms with Crippen LogP contribution in [0.3, 0.4) is 0 Å². The molecule has 0 saturated heterocycles. The molecule has 0 unspecified atom stereocenters. The van der Waals surface area contributed by atoms with E-state index in [-0.39, 0.29) is 23.9 Å². The molecule has 0 saturated carbocycles. The minimum absolute atomic E-state index is 0.0129. The molecular formula is C18H20N2O. The molecule has 3 nitrogen and oxygen atoms in total. The van der Waals surface area contributed by atoms with E-state index in [1.54, 1.807) is 0 Å². The maximum atomic E-state index is 12.4. The highest BCUT2D eigenvalue weighted by Gasteiger charge is 2.31. The van der Waals surface area contributed by atoms with Gasteiger partial charge in [0.2, 0.25) is 5.91 Å². The molecule has 2 aromatic carbocycles. The lowest BCUT2D eigenvalue weighted by atomic mass is 9.99. The third kappa shape index (κ3) is 2.69. The van der Waals surface area contributed by atoms with Crippen molar-refractivity contribution in [2.24, 2.45) is 5.73 Å². The molecule has 0 heterocycles. The van der Waals surface area contributed by atoms with E-state index in [9.17, 15) is 4.79 Å². The number of carbonyl (C=O) groups excluding carboxylic acids is 1. The van der Waals surface area contributed by atoms with Gasteiger partial charge < -0.3 is 11.1 Å². The Balaban J connectivity index is 1.70. The predicted molar refractivity (Wildman–Crippen MR) is 83.9 cm³/mol. The van der Waals surface area contributed by atoms with Crippen molar-refractivity contribution in [2.45, 2.75) is 31.3 Å². The molecule has 3 atom stereocenters. The highest BCUT2D eigenvalue weighted by atomic mass is 16.1. The van der Waals surface area contributed by atoms with Crippen molar-refractivity contribution in [1.29, 1.82) is 0 Å². The van der Waals surface area contributed by atoms with E-state index in [1.165, 1.54) is 5.56 Å². The van der Waals surface area contributed by atoms with Crippen molar-refractivity contribution in [3.05, 3.63) is 71.3 Å². The Bertz CT molecular complexity index is 639. The predicted octanol–water partition coefficient (Wildman–Crippen LogP) is 2.53. The average molecular weight is 280 g/mol. The summed E-state index contributed by atoms with van der Waals surface area (Å²) in [4.78, 5) is 12.4. The third-order valence-electron chi connectivity index (χ3n) is 4.31. The summed E-state index contributed by atoms with van der Waals surface area (Å²) in [6.45, 7) is 1.93. The van der Waals surface area contributed by atoms with Crippen LogP contribution in [0.25, 0.3) is 0 Å². The Morgan fingerprint density at radius 3 is 2.52 bits per heavy atom. The van der Waals surface area contributed by atoms with Crippen LogP contribution >= 0.6 is 0 Å². The molecule has 0 bridgehead atoms. The van der Waals surface area contributed by atoms with Crippen LogP contribution in [0.15, 0.2) is 54.6 Å². The minimum atomic E-state index is -0.165. The van der Waals surface area contributed by atoms with Crippen LogP contribution in [0.2, 0.25) is 0 Å². The second-order valence-electron chi connectivity index (χ2n) is 5.68. The number of rotatable bonds is 3. The molecule has 21 heavy (non-hydrogen) atoms. The lowest BCUT2D eigenvalue weighted by Crippen LogP contribution is -2.42. The zero-order chi connectivity index (χ0) is 14.8. The van der Waals surface area contributed by atoms with E-state index < -0.39 is 0 Å². The van der Waals surface area contributed by atoms with E-state index in [2.05, 4.69) is 11.4 Å². The molecule has 0 fully saturated rings. The summed E-state index contributed by atoms with van der Waals surface area (Å²) in [5, 5.41) is 3.11. The van der Waals surface area contributed by atoms with Gasteiger partial charge in [-0.25, -0.2) is 0 Å². The zero-order valence-electron chi connectivity index (χ0n) is 12.1. The van der Waals surface area contributed by atoms with Gasteiger partial charge in [0.25, 0.3) is 0 Å². The molecule has 0 aromatic heterocycles. The third-order valence-corrected chi connectivity index (χ3v) is 4.31. The molecule has 2 aromatic rings. The fraction of sp³-hybridized carbons (Fsp3) is 0.278. The van der Waals surface area contributed by atoms with Gasteiger partial charge in [0.15, 0.2) is 0 Å². The molecule has 0 radical (unpaired) electrons. The Hall–Kier alpha value is -2.13. The summed E-state index contributed by atoms with van der Waals surface area (Å²) < 4.78 is 0. The van der Waals surface area contributed by atoms with Crippen molar-refractivity contribution in [3.63, 3.8) is 0 Å². The molecule has 0 aliphatic heterocycles.